The summed E-state index contributed by atoms with van der Waals surface area (Å²) < 4.78 is 5.01. The maximum Gasteiger partial charge on any atom is 0.320 e. The molecule has 1 aliphatic heterocycles. The van der Waals surface area contributed by atoms with E-state index in [1.54, 1.807) is 30.9 Å². The third-order valence-electron chi connectivity index (χ3n) is 3.65. The zero-order chi connectivity index (χ0) is 13.9. The molecule has 6 heteroatoms. The molecule has 6 nitrogen and oxygen atoms in total. The molecule has 104 valence electrons. The minimum atomic E-state index is -0.798. The van der Waals surface area contributed by atoms with Crippen LogP contribution >= 0.6 is 0 Å². The van der Waals surface area contributed by atoms with Crippen molar-refractivity contribution in [2.24, 2.45) is 11.8 Å². The van der Waals surface area contributed by atoms with Gasteiger partial charge in [0.2, 0.25) is 0 Å². The highest BCUT2D eigenvalue weighted by Gasteiger charge is 2.38. The summed E-state index contributed by atoms with van der Waals surface area (Å²) >= 11 is 0. The van der Waals surface area contributed by atoms with Gasteiger partial charge in [-0.15, -0.1) is 0 Å². The summed E-state index contributed by atoms with van der Waals surface area (Å²) in [5, 5.41) is 8.88. The van der Waals surface area contributed by atoms with Crippen LogP contribution in [0.25, 0.3) is 0 Å². The molecule has 1 heterocycles. The molecule has 0 aromatic carbocycles. The summed E-state index contributed by atoms with van der Waals surface area (Å²) in [6.45, 7) is 5.14. The van der Waals surface area contributed by atoms with Crippen molar-refractivity contribution < 1.29 is 19.4 Å². The second-order valence-electron chi connectivity index (χ2n) is 4.99. The van der Waals surface area contributed by atoms with Crippen LogP contribution in [-0.4, -0.2) is 66.8 Å². The maximum atomic E-state index is 12.0. The molecule has 2 atom stereocenters. The second kappa shape index (κ2) is 6.04. The number of carboxylic acids is 1. The van der Waals surface area contributed by atoms with Crippen molar-refractivity contribution in [2.75, 3.05) is 33.9 Å². The van der Waals surface area contributed by atoms with Crippen LogP contribution in [-0.2, 0) is 9.53 Å². The van der Waals surface area contributed by atoms with E-state index in [1.165, 1.54) is 0 Å². The number of likely N-dealkylation sites (tertiary alicyclic amines) is 1. The molecule has 1 rings (SSSR count). The lowest BCUT2D eigenvalue weighted by atomic mass is 9.87. The van der Waals surface area contributed by atoms with Crippen LogP contribution < -0.4 is 0 Å². The fourth-order valence-electron chi connectivity index (χ4n) is 1.95. The summed E-state index contributed by atoms with van der Waals surface area (Å²) in [6, 6.07) is -0.0492. The minimum absolute atomic E-state index is 0.0125. The second-order valence-corrected chi connectivity index (χ2v) is 4.99. The molecule has 1 aliphatic rings. The van der Waals surface area contributed by atoms with Crippen LogP contribution in [0.3, 0.4) is 0 Å². The quantitative estimate of drug-likeness (QED) is 0.789. The van der Waals surface area contributed by atoms with E-state index in [9.17, 15) is 9.59 Å². The Labute approximate surface area is 107 Å². The molecule has 2 amide bonds. The number of nitrogens with zero attached hydrogens (tertiary/aromatic N) is 2. The fourth-order valence-corrected chi connectivity index (χ4v) is 1.95. The average Bonchev–Trinajstić information content (AvgIpc) is 2.25. The molecule has 18 heavy (non-hydrogen) atoms. The van der Waals surface area contributed by atoms with Gasteiger partial charge in [-0.2, -0.15) is 0 Å². The summed E-state index contributed by atoms with van der Waals surface area (Å²) in [4.78, 5) is 26.1. The molecule has 0 aliphatic carbocycles. The molecule has 0 aromatic rings. The number of ether oxygens (including phenoxy) is 1. The molecule has 0 saturated carbocycles. The van der Waals surface area contributed by atoms with Gasteiger partial charge in [0, 0.05) is 33.2 Å². The Morgan fingerprint density at radius 2 is 2.00 bits per heavy atom. The SMILES string of the molecule is COCC(C)N(C)C(=O)N1CC(C(C)C(=O)O)C1. The number of urea groups is 1. The predicted molar refractivity (Wildman–Crippen MR) is 66.4 cm³/mol. The van der Waals surface area contributed by atoms with Crippen LogP contribution in [0.5, 0.6) is 0 Å². The highest BCUT2D eigenvalue weighted by atomic mass is 16.5. The molecule has 1 saturated heterocycles. The van der Waals surface area contributed by atoms with Gasteiger partial charge < -0.3 is 19.6 Å². The van der Waals surface area contributed by atoms with Crippen molar-refractivity contribution in [1.29, 1.82) is 0 Å². The van der Waals surface area contributed by atoms with Crippen molar-refractivity contribution in [2.45, 2.75) is 19.9 Å². The van der Waals surface area contributed by atoms with Crippen LogP contribution in [0, 0.1) is 11.8 Å². The Morgan fingerprint density at radius 3 is 2.44 bits per heavy atom. The summed E-state index contributed by atoms with van der Waals surface area (Å²) in [5.41, 5.74) is 0. The zero-order valence-electron chi connectivity index (χ0n) is 11.4. The van der Waals surface area contributed by atoms with E-state index < -0.39 is 11.9 Å². The Balaban J connectivity index is 2.41. The van der Waals surface area contributed by atoms with Crippen LogP contribution in [0.4, 0.5) is 4.79 Å². The molecule has 0 radical (unpaired) electrons. The van der Waals surface area contributed by atoms with Crippen LogP contribution in [0.15, 0.2) is 0 Å². The third kappa shape index (κ3) is 3.13. The topological polar surface area (TPSA) is 70.1 Å². The number of carbonyl (C=O) groups is 2. The lowest BCUT2D eigenvalue weighted by Crippen LogP contribution is -2.58. The van der Waals surface area contributed by atoms with Gasteiger partial charge in [0.05, 0.1) is 18.6 Å². The first-order chi connectivity index (χ1) is 8.38. The summed E-state index contributed by atoms with van der Waals surface area (Å²) in [5.74, 6) is -1.12. The predicted octanol–water partition coefficient (Wildman–Crippen LogP) is 0.726. The van der Waals surface area contributed by atoms with Gasteiger partial charge in [0.15, 0.2) is 0 Å². The maximum absolute atomic E-state index is 12.0. The van der Waals surface area contributed by atoms with Gasteiger partial charge in [0.25, 0.3) is 0 Å². The first kappa shape index (κ1) is 14.8. The molecule has 0 spiro atoms. The first-order valence-corrected chi connectivity index (χ1v) is 6.12. The third-order valence-corrected chi connectivity index (χ3v) is 3.65. The number of hydrogen-bond acceptors (Lipinski definition) is 3. The van der Waals surface area contributed by atoms with Crippen molar-refractivity contribution in [3.8, 4) is 0 Å². The van der Waals surface area contributed by atoms with E-state index in [2.05, 4.69) is 0 Å². The van der Waals surface area contributed by atoms with E-state index in [-0.39, 0.29) is 18.0 Å². The number of carboxylic acid groups (broad SMARTS) is 1. The van der Waals surface area contributed by atoms with Gasteiger partial charge in [0.1, 0.15) is 0 Å². The Hall–Kier alpha value is -1.30. The minimum Gasteiger partial charge on any atom is -0.481 e. The smallest absolute Gasteiger partial charge is 0.320 e. The molecular weight excluding hydrogens is 236 g/mol. The molecule has 0 aromatic heterocycles. The largest absolute Gasteiger partial charge is 0.481 e. The van der Waals surface area contributed by atoms with Crippen molar-refractivity contribution in [3.05, 3.63) is 0 Å². The number of rotatable bonds is 5. The van der Waals surface area contributed by atoms with Crippen molar-refractivity contribution in [3.63, 3.8) is 0 Å². The van der Waals surface area contributed by atoms with Crippen molar-refractivity contribution >= 4 is 12.0 Å². The van der Waals surface area contributed by atoms with E-state index in [0.29, 0.717) is 19.7 Å². The van der Waals surface area contributed by atoms with E-state index >= 15 is 0 Å². The highest BCUT2D eigenvalue weighted by Crippen LogP contribution is 2.25. The first-order valence-electron chi connectivity index (χ1n) is 6.12. The van der Waals surface area contributed by atoms with Gasteiger partial charge in [-0.25, -0.2) is 4.79 Å². The monoisotopic (exact) mass is 258 g/mol. The van der Waals surface area contributed by atoms with Crippen molar-refractivity contribution in [1.82, 2.24) is 9.80 Å². The highest BCUT2D eigenvalue weighted by molar-refractivity contribution is 5.76. The van der Waals surface area contributed by atoms with Gasteiger partial charge in [-0.3, -0.25) is 4.79 Å². The average molecular weight is 258 g/mol. The van der Waals surface area contributed by atoms with E-state index in [4.69, 9.17) is 9.84 Å². The standard InChI is InChI=1S/C12H22N2O4/c1-8(7-18-4)13(3)12(17)14-5-10(6-14)9(2)11(15)16/h8-10H,5-7H2,1-4H3,(H,15,16). The Morgan fingerprint density at radius 1 is 1.44 bits per heavy atom. The normalized spacial score (nSPS) is 19.0. The van der Waals surface area contributed by atoms with Gasteiger partial charge in [-0.05, 0) is 6.92 Å². The lowest BCUT2D eigenvalue weighted by molar-refractivity contribution is -0.144. The molecule has 2 unspecified atom stereocenters. The number of aliphatic carboxylic acids is 1. The fraction of sp³-hybridized carbons (Fsp3) is 0.833. The number of methoxy groups -OCH3 is 1. The molecule has 1 fully saturated rings. The summed E-state index contributed by atoms with van der Waals surface area (Å²) in [7, 11) is 3.34. The Kier molecular flexibility index (Phi) is 4.95. The molecule has 1 N–H and O–H groups in total. The number of amides is 2. The van der Waals surface area contributed by atoms with Crippen LogP contribution in [0.1, 0.15) is 13.8 Å². The van der Waals surface area contributed by atoms with Gasteiger partial charge in [-0.1, -0.05) is 6.92 Å². The van der Waals surface area contributed by atoms with E-state index in [1.807, 2.05) is 6.92 Å². The molecule has 0 bridgehead atoms. The van der Waals surface area contributed by atoms with Gasteiger partial charge >= 0.3 is 12.0 Å². The lowest BCUT2D eigenvalue weighted by Gasteiger charge is -2.43. The number of likely N-dealkylation sites (N-methyl/N-ethyl adjacent to an activating group) is 1. The van der Waals surface area contributed by atoms with E-state index in [0.717, 1.165) is 0 Å². The molecular formula is C12H22N2O4. The Bertz CT molecular complexity index is 315. The zero-order valence-corrected chi connectivity index (χ0v) is 11.4. The number of carbonyl (C=O) groups excluding carboxylic acids is 1. The summed E-state index contributed by atoms with van der Waals surface area (Å²) in [6.07, 6.45) is 0. The van der Waals surface area contributed by atoms with Crippen LogP contribution in [0.2, 0.25) is 0 Å². The number of hydrogen-bond donors (Lipinski definition) is 1.